The Morgan fingerprint density at radius 2 is 1.70 bits per heavy atom. The van der Waals surface area contributed by atoms with Gasteiger partial charge < -0.3 is 10.4 Å². The largest absolute Gasteiger partial charge is 0.506 e. The number of nitro benzene ring substituents is 1. The summed E-state index contributed by atoms with van der Waals surface area (Å²) in [5, 5.41) is 23.9. The quantitative estimate of drug-likeness (QED) is 0.269. The van der Waals surface area contributed by atoms with E-state index in [1.807, 2.05) is 0 Å². The third-order valence-corrected chi connectivity index (χ3v) is 4.69. The zero-order valence-corrected chi connectivity index (χ0v) is 14.3. The molecule has 0 saturated heterocycles. The number of phenols is 1. The molecule has 3 N–H and O–H groups in total. The number of nitrogens with zero attached hydrogens (tertiary/aromatic N) is 1. The number of nitro groups is 1. The van der Waals surface area contributed by atoms with Crippen LogP contribution in [0.4, 0.5) is 11.4 Å². The number of rotatable bonds is 4. The van der Waals surface area contributed by atoms with Gasteiger partial charge in [0.15, 0.2) is 0 Å². The molecule has 1 amide bonds. The van der Waals surface area contributed by atoms with Gasteiger partial charge in [0, 0.05) is 28.5 Å². The Hall–Kier alpha value is -3.50. The molecule has 0 spiro atoms. The minimum absolute atomic E-state index is 0.00697. The summed E-state index contributed by atoms with van der Waals surface area (Å²) in [6.45, 7) is 0. The zero-order chi connectivity index (χ0) is 19.8. The fourth-order valence-corrected chi connectivity index (χ4v) is 3.21. The van der Waals surface area contributed by atoms with Gasteiger partial charge in [0.2, 0.25) is 0 Å². The summed E-state index contributed by atoms with van der Waals surface area (Å²) < 4.78 is 32.4. The monoisotopic (exact) mass is 388 g/mol. The molecule has 0 saturated carbocycles. The molecular weight excluding hydrogens is 376 g/mol. The number of benzene rings is 3. The van der Waals surface area contributed by atoms with Crippen molar-refractivity contribution < 1.29 is 27.8 Å². The molecule has 0 aliphatic heterocycles. The highest BCUT2D eigenvalue weighted by molar-refractivity contribution is 7.86. The Labute approximate surface area is 152 Å². The van der Waals surface area contributed by atoms with Gasteiger partial charge in [0.1, 0.15) is 10.6 Å². The summed E-state index contributed by atoms with van der Waals surface area (Å²) in [5.41, 5.74) is -0.292. The second-order valence-corrected chi connectivity index (χ2v) is 6.94. The number of phenolic OH excluding ortho intramolecular Hbond substituents is 1. The molecule has 3 rings (SSSR count). The number of hydrogen-bond donors (Lipinski definition) is 3. The second kappa shape index (κ2) is 6.67. The fraction of sp³-hybridized carbons (Fsp3) is 0. The molecule has 3 aromatic carbocycles. The average Bonchev–Trinajstić information content (AvgIpc) is 2.63. The van der Waals surface area contributed by atoms with Gasteiger partial charge in [-0.15, -0.1) is 0 Å². The summed E-state index contributed by atoms with van der Waals surface area (Å²) >= 11 is 0. The average molecular weight is 388 g/mol. The lowest BCUT2D eigenvalue weighted by Crippen LogP contribution is -2.13. The molecule has 0 heterocycles. The Kier molecular flexibility index (Phi) is 4.52. The SMILES string of the molecule is O=C(Nc1cc(S(=O)(=O)O)c(O)c2ccccc12)c1cccc([N+](=O)[O-])c1. The highest BCUT2D eigenvalue weighted by atomic mass is 32.2. The Balaban J connectivity index is 2.12. The van der Waals surface area contributed by atoms with E-state index in [0.717, 1.165) is 12.1 Å². The highest BCUT2D eigenvalue weighted by Gasteiger charge is 2.21. The van der Waals surface area contributed by atoms with Gasteiger partial charge in [-0.25, -0.2) is 0 Å². The normalized spacial score (nSPS) is 11.3. The minimum atomic E-state index is -4.76. The number of carbonyl (C=O) groups excluding carboxylic acids is 1. The first kappa shape index (κ1) is 18.3. The number of carbonyl (C=O) groups is 1. The van der Waals surface area contributed by atoms with Crippen molar-refractivity contribution in [2.24, 2.45) is 0 Å². The second-order valence-electron chi connectivity index (χ2n) is 5.55. The van der Waals surface area contributed by atoms with Crippen molar-refractivity contribution in [1.82, 2.24) is 0 Å². The van der Waals surface area contributed by atoms with E-state index >= 15 is 0 Å². The molecule has 138 valence electrons. The molecule has 0 fully saturated rings. The molecule has 0 aromatic heterocycles. The molecule has 10 heteroatoms. The molecule has 0 radical (unpaired) electrons. The lowest BCUT2D eigenvalue weighted by molar-refractivity contribution is -0.384. The van der Waals surface area contributed by atoms with Crippen LogP contribution < -0.4 is 5.32 Å². The van der Waals surface area contributed by atoms with Gasteiger partial charge >= 0.3 is 0 Å². The van der Waals surface area contributed by atoms with Crippen molar-refractivity contribution in [2.45, 2.75) is 4.90 Å². The Morgan fingerprint density at radius 1 is 1.04 bits per heavy atom. The standard InChI is InChI=1S/C17H12N2O7S/c20-16-13-7-2-1-6-12(13)14(9-15(16)27(24,25)26)18-17(21)10-4-3-5-11(8-10)19(22)23/h1-9,20H,(H,18,21)(H,24,25,26). The van der Waals surface area contributed by atoms with Gasteiger partial charge in [0.05, 0.1) is 10.6 Å². The maximum Gasteiger partial charge on any atom is 0.298 e. The van der Waals surface area contributed by atoms with E-state index in [0.29, 0.717) is 5.39 Å². The number of aromatic hydroxyl groups is 1. The summed E-state index contributed by atoms with van der Waals surface area (Å²) in [6.07, 6.45) is 0. The third kappa shape index (κ3) is 3.57. The molecule has 0 aliphatic carbocycles. The van der Waals surface area contributed by atoms with Gasteiger partial charge in [-0.1, -0.05) is 30.3 Å². The molecule has 0 bridgehead atoms. The van der Waals surface area contributed by atoms with Gasteiger partial charge in [-0.05, 0) is 12.1 Å². The topological polar surface area (TPSA) is 147 Å². The van der Waals surface area contributed by atoms with Crippen LogP contribution in [0.1, 0.15) is 10.4 Å². The fourth-order valence-electron chi connectivity index (χ4n) is 2.59. The molecule has 27 heavy (non-hydrogen) atoms. The van der Waals surface area contributed by atoms with Crippen LogP contribution in [0.25, 0.3) is 10.8 Å². The number of non-ortho nitro benzene ring substituents is 1. The van der Waals surface area contributed by atoms with Crippen LogP contribution >= 0.6 is 0 Å². The molecule has 0 unspecified atom stereocenters. The van der Waals surface area contributed by atoms with Crippen LogP contribution in [0, 0.1) is 10.1 Å². The maximum absolute atomic E-state index is 12.5. The van der Waals surface area contributed by atoms with Gasteiger partial charge in [-0.2, -0.15) is 8.42 Å². The predicted molar refractivity (Wildman–Crippen MR) is 96.5 cm³/mol. The lowest BCUT2D eigenvalue weighted by atomic mass is 10.1. The van der Waals surface area contributed by atoms with Gasteiger partial charge in [0.25, 0.3) is 21.7 Å². The first-order valence-corrected chi connectivity index (χ1v) is 8.90. The van der Waals surface area contributed by atoms with E-state index in [4.69, 9.17) is 0 Å². The van der Waals surface area contributed by atoms with Crippen molar-refractivity contribution in [3.05, 3.63) is 70.3 Å². The Bertz CT molecular complexity index is 1190. The van der Waals surface area contributed by atoms with Crippen LogP contribution in [0.3, 0.4) is 0 Å². The first-order chi connectivity index (χ1) is 12.7. The van der Waals surface area contributed by atoms with Crippen molar-refractivity contribution in [2.75, 3.05) is 5.32 Å². The van der Waals surface area contributed by atoms with Crippen LogP contribution in [0.15, 0.2) is 59.5 Å². The third-order valence-electron chi connectivity index (χ3n) is 3.83. The van der Waals surface area contributed by atoms with Crippen molar-refractivity contribution in [3.8, 4) is 5.75 Å². The number of amides is 1. The molecular formula is C17H12N2O7S. The molecule has 3 aromatic rings. The summed E-state index contributed by atoms with van der Waals surface area (Å²) in [6, 6.07) is 12.0. The van der Waals surface area contributed by atoms with Crippen LogP contribution in [-0.4, -0.2) is 28.9 Å². The molecule has 0 atom stereocenters. The van der Waals surface area contributed by atoms with E-state index in [9.17, 15) is 33.0 Å². The minimum Gasteiger partial charge on any atom is -0.506 e. The van der Waals surface area contributed by atoms with E-state index in [2.05, 4.69) is 5.32 Å². The smallest absolute Gasteiger partial charge is 0.298 e. The van der Waals surface area contributed by atoms with Crippen molar-refractivity contribution in [3.63, 3.8) is 0 Å². The molecule has 9 nitrogen and oxygen atoms in total. The predicted octanol–water partition coefficient (Wildman–Crippen LogP) is 2.95. The summed E-state index contributed by atoms with van der Waals surface area (Å²) in [4.78, 5) is 21.9. The highest BCUT2D eigenvalue weighted by Crippen LogP contribution is 2.37. The van der Waals surface area contributed by atoms with Crippen molar-refractivity contribution in [1.29, 1.82) is 0 Å². The number of fused-ring (bicyclic) bond motifs is 1. The van der Waals surface area contributed by atoms with Crippen LogP contribution in [0.5, 0.6) is 5.75 Å². The van der Waals surface area contributed by atoms with E-state index in [1.54, 1.807) is 12.1 Å². The number of hydrogen-bond acceptors (Lipinski definition) is 6. The number of nitrogens with one attached hydrogen (secondary N) is 1. The lowest BCUT2D eigenvalue weighted by Gasteiger charge is -2.13. The van der Waals surface area contributed by atoms with E-state index < -0.39 is 31.6 Å². The van der Waals surface area contributed by atoms with Crippen LogP contribution in [-0.2, 0) is 10.1 Å². The van der Waals surface area contributed by atoms with Crippen LogP contribution in [0.2, 0.25) is 0 Å². The van der Waals surface area contributed by atoms with Crippen molar-refractivity contribution >= 4 is 38.2 Å². The molecule has 0 aliphatic rings. The summed E-state index contributed by atoms with van der Waals surface area (Å²) in [7, 11) is -4.76. The zero-order valence-electron chi connectivity index (χ0n) is 13.5. The van der Waals surface area contributed by atoms with E-state index in [1.165, 1.54) is 30.3 Å². The van der Waals surface area contributed by atoms with Gasteiger partial charge in [-0.3, -0.25) is 19.5 Å². The Morgan fingerprint density at radius 3 is 2.33 bits per heavy atom. The first-order valence-electron chi connectivity index (χ1n) is 7.46. The van der Waals surface area contributed by atoms with E-state index in [-0.39, 0.29) is 22.3 Å². The summed E-state index contributed by atoms with van der Waals surface area (Å²) in [5.74, 6) is -1.38. The maximum atomic E-state index is 12.5. The number of anilines is 1.